The lowest BCUT2D eigenvalue weighted by molar-refractivity contribution is 0.417. The smallest absolute Gasteiger partial charge is 0.141 e. The molecular weight excluding hydrogens is 272 g/mol. The van der Waals surface area contributed by atoms with E-state index in [1.165, 1.54) is 11.1 Å². The summed E-state index contributed by atoms with van der Waals surface area (Å²) in [6, 6.07) is 13.8. The third-order valence-electron chi connectivity index (χ3n) is 3.13. The van der Waals surface area contributed by atoms with E-state index in [0.717, 1.165) is 30.3 Å². The van der Waals surface area contributed by atoms with Crippen LogP contribution in [0.2, 0.25) is 5.02 Å². The Bertz CT molecular complexity index is 555. The van der Waals surface area contributed by atoms with Gasteiger partial charge in [-0.2, -0.15) is 0 Å². The van der Waals surface area contributed by atoms with Gasteiger partial charge in [0, 0.05) is 11.6 Å². The SMILES string of the molecule is COc1ccc(CCNCc2ccc(Cl)cc2)cc1N. The molecule has 0 radical (unpaired) electrons. The van der Waals surface area contributed by atoms with Crippen LogP contribution in [-0.2, 0) is 13.0 Å². The number of halogens is 1. The molecule has 0 fully saturated rings. The van der Waals surface area contributed by atoms with E-state index in [-0.39, 0.29) is 0 Å². The molecule has 0 saturated heterocycles. The predicted octanol–water partition coefficient (Wildman–Crippen LogP) is 3.26. The van der Waals surface area contributed by atoms with Gasteiger partial charge in [-0.15, -0.1) is 0 Å². The fraction of sp³-hybridized carbons (Fsp3) is 0.250. The molecule has 0 atom stereocenters. The molecule has 0 spiro atoms. The molecule has 0 aliphatic rings. The van der Waals surface area contributed by atoms with Crippen LogP contribution in [0, 0.1) is 0 Å². The number of hydrogen-bond acceptors (Lipinski definition) is 3. The molecule has 2 aromatic carbocycles. The molecule has 2 rings (SSSR count). The lowest BCUT2D eigenvalue weighted by Gasteiger charge is -2.08. The Morgan fingerprint density at radius 1 is 1.10 bits per heavy atom. The number of benzene rings is 2. The topological polar surface area (TPSA) is 47.3 Å². The van der Waals surface area contributed by atoms with Crippen LogP contribution in [0.4, 0.5) is 5.69 Å². The molecule has 0 unspecified atom stereocenters. The summed E-state index contributed by atoms with van der Waals surface area (Å²) in [4.78, 5) is 0. The van der Waals surface area contributed by atoms with Gasteiger partial charge in [-0.05, 0) is 48.4 Å². The fourth-order valence-corrected chi connectivity index (χ4v) is 2.13. The van der Waals surface area contributed by atoms with E-state index in [1.807, 2.05) is 42.5 Å². The third-order valence-corrected chi connectivity index (χ3v) is 3.38. The van der Waals surface area contributed by atoms with Crippen molar-refractivity contribution in [2.45, 2.75) is 13.0 Å². The van der Waals surface area contributed by atoms with Crippen molar-refractivity contribution in [1.82, 2.24) is 5.32 Å². The summed E-state index contributed by atoms with van der Waals surface area (Å²) < 4.78 is 5.14. The van der Waals surface area contributed by atoms with E-state index in [4.69, 9.17) is 22.1 Å². The van der Waals surface area contributed by atoms with Gasteiger partial charge in [-0.3, -0.25) is 0 Å². The van der Waals surface area contributed by atoms with E-state index in [2.05, 4.69) is 5.32 Å². The fourth-order valence-electron chi connectivity index (χ4n) is 2.01. The first-order valence-corrected chi connectivity index (χ1v) is 6.94. The van der Waals surface area contributed by atoms with Crippen LogP contribution >= 0.6 is 11.6 Å². The Balaban J connectivity index is 1.78. The van der Waals surface area contributed by atoms with Crippen molar-refractivity contribution < 1.29 is 4.74 Å². The Hall–Kier alpha value is -1.71. The number of rotatable bonds is 6. The Morgan fingerprint density at radius 3 is 2.45 bits per heavy atom. The van der Waals surface area contributed by atoms with Gasteiger partial charge in [-0.25, -0.2) is 0 Å². The average Bonchev–Trinajstić information content (AvgIpc) is 2.46. The second-order valence-corrected chi connectivity index (χ2v) is 5.07. The second kappa shape index (κ2) is 7.17. The number of nitrogens with one attached hydrogen (secondary N) is 1. The van der Waals surface area contributed by atoms with Crippen molar-refractivity contribution in [3.05, 3.63) is 58.6 Å². The van der Waals surface area contributed by atoms with Gasteiger partial charge in [0.15, 0.2) is 0 Å². The Kier molecular flexibility index (Phi) is 5.27. The summed E-state index contributed by atoms with van der Waals surface area (Å²) in [5, 5.41) is 4.17. The van der Waals surface area contributed by atoms with Crippen LogP contribution in [0.5, 0.6) is 5.75 Å². The largest absolute Gasteiger partial charge is 0.495 e. The van der Waals surface area contributed by atoms with Gasteiger partial charge in [0.1, 0.15) is 5.75 Å². The number of ether oxygens (including phenoxy) is 1. The van der Waals surface area contributed by atoms with Gasteiger partial charge in [0.05, 0.1) is 12.8 Å². The molecule has 0 aromatic heterocycles. The lowest BCUT2D eigenvalue weighted by atomic mass is 10.1. The maximum Gasteiger partial charge on any atom is 0.141 e. The van der Waals surface area contributed by atoms with Crippen molar-refractivity contribution in [2.75, 3.05) is 19.4 Å². The van der Waals surface area contributed by atoms with Gasteiger partial charge < -0.3 is 15.8 Å². The number of nitrogen functional groups attached to an aromatic ring is 1. The molecule has 2 aromatic rings. The van der Waals surface area contributed by atoms with Crippen molar-refractivity contribution in [3.8, 4) is 5.75 Å². The van der Waals surface area contributed by atoms with Crippen LogP contribution in [0.3, 0.4) is 0 Å². The quantitative estimate of drug-likeness (QED) is 0.634. The maximum absolute atomic E-state index is 5.88. The summed E-state index contributed by atoms with van der Waals surface area (Å²) in [7, 11) is 1.62. The maximum atomic E-state index is 5.88. The average molecular weight is 291 g/mol. The third kappa shape index (κ3) is 4.15. The first kappa shape index (κ1) is 14.7. The number of nitrogens with two attached hydrogens (primary N) is 1. The van der Waals surface area contributed by atoms with Crippen LogP contribution in [-0.4, -0.2) is 13.7 Å². The minimum absolute atomic E-state index is 0.683. The highest BCUT2D eigenvalue weighted by molar-refractivity contribution is 6.30. The lowest BCUT2D eigenvalue weighted by Crippen LogP contribution is -2.16. The highest BCUT2D eigenvalue weighted by atomic mass is 35.5. The van der Waals surface area contributed by atoms with Crippen molar-refractivity contribution in [3.63, 3.8) is 0 Å². The molecule has 106 valence electrons. The highest BCUT2D eigenvalue weighted by Crippen LogP contribution is 2.21. The molecule has 4 heteroatoms. The van der Waals surface area contributed by atoms with Crippen molar-refractivity contribution >= 4 is 17.3 Å². The van der Waals surface area contributed by atoms with E-state index in [9.17, 15) is 0 Å². The molecule has 0 amide bonds. The molecule has 0 aliphatic heterocycles. The summed E-state index contributed by atoms with van der Waals surface area (Å²) in [6.45, 7) is 1.73. The van der Waals surface area contributed by atoms with Crippen LogP contribution in [0.25, 0.3) is 0 Å². The zero-order valence-corrected chi connectivity index (χ0v) is 12.3. The predicted molar refractivity (Wildman–Crippen MR) is 84.3 cm³/mol. The van der Waals surface area contributed by atoms with Crippen molar-refractivity contribution in [1.29, 1.82) is 0 Å². The molecular formula is C16H19ClN2O. The molecule has 0 aliphatic carbocycles. The standard InChI is InChI=1S/C16H19ClN2O/c1-20-16-7-4-12(10-15(16)18)8-9-19-11-13-2-5-14(17)6-3-13/h2-7,10,19H,8-9,11,18H2,1H3. The Labute approximate surface area is 124 Å². The van der Waals surface area contributed by atoms with E-state index >= 15 is 0 Å². The zero-order valence-electron chi connectivity index (χ0n) is 11.5. The first-order valence-electron chi connectivity index (χ1n) is 6.56. The molecule has 0 bridgehead atoms. The van der Waals surface area contributed by atoms with Gasteiger partial charge >= 0.3 is 0 Å². The normalized spacial score (nSPS) is 10.5. The zero-order chi connectivity index (χ0) is 14.4. The summed E-state index contributed by atoms with van der Waals surface area (Å²) in [5.41, 5.74) is 8.99. The van der Waals surface area contributed by atoms with Crippen molar-refractivity contribution in [2.24, 2.45) is 0 Å². The molecule has 3 nitrogen and oxygen atoms in total. The minimum atomic E-state index is 0.683. The van der Waals surface area contributed by atoms with Gasteiger partial charge in [0.25, 0.3) is 0 Å². The molecule has 0 heterocycles. The monoisotopic (exact) mass is 290 g/mol. The van der Waals surface area contributed by atoms with Gasteiger partial charge in [-0.1, -0.05) is 29.8 Å². The molecule has 0 saturated carbocycles. The number of anilines is 1. The first-order chi connectivity index (χ1) is 9.69. The van der Waals surface area contributed by atoms with E-state index in [0.29, 0.717) is 5.69 Å². The summed E-state index contributed by atoms with van der Waals surface area (Å²) in [6.07, 6.45) is 0.932. The van der Waals surface area contributed by atoms with Crippen LogP contribution < -0.4 is 15.8 Å². The van der Waals surface area contributed by atoms with E-state index in [1.54, 1.807) is 7.11 Å². The molecule has 3 N–H and O–H groups in total. The number of hydrogen-bond donors (Lipinski definition) is 2. The van der Waals surface area contributed by atoms with Crippen LogP contribution in [0.15, 0.2) is 42.5 Å². The highest BCUT2D eigenvalue weighted by Gasteiger charge is 2.00. The minimum Gasteiger partial charge on any atom is -0.495 e. The van der Waals surface area contributed by atoms with Crippen LogP contribution in [0.1, 0.15) is 11.1 Å². The second-order valence-electron chi connectivity index (χ2n) is 4.63. The molecule has 20 heavy (non-hydrogen) atoms. The summed E-state index contributed by atoms with van der Waals surface area (Å²) in [5.74, 6) is 0.725. The number of methoxy groups -OCH3 is 1. The Morgan fingerprint density at radius 2 is 1.80 bits per heavy atom. The summed E-state index contributed by atoms with van der Waals surface area (Å²) >= 11 is 5.85. The van der Waals surface area contributed by atoms with E-state index < -0.39 is 0 Å². The van der Waals surface area contributed by atoms with Gasteiger partial charge in [0.2, 0.25) is 0 Å².